The summed E-state index contributed by atoms with van der Waals surface area (Å²) in [6.45, 7) is 2.49. The van der Waals surface area contributed by atoms with Gasteiger partial charge >= 0.3 is 0 Å². The number of rotatable bonds is 5. The predicted octanol–water partition coefficient (Wildman–Crippen LogP) is 6.25. The maximum absolute atomic E-state index is 6.51. The Balaban J connectivity index is 2.12. The molecule has 0 radical (unpaired) electrons. The van der Waals surface area contributed by atoms with Crippen LogP contribution in [0.2, 0.25) is 10.0 Å². The minimum Gasteiger partial charge on any atom is -0.492 e. The normalized spacial score (nSPS) is 17.7. The van der Waals surface area contributed by atoms with E-state index in [-0.39, 0.29) is 5.38 Å². The van der Waals surface area contributed by atoms with Crippen LogP contribution in [0.15, 0.2) is 12.1 Å². The van der Waals surface area contributed by atoms with Crippen molar-refractivity contribution in [3.63, 3.8) is 0 Å². The fraction of sp³-hybridized carbons (Fsp3) is 0.600. The lowest BCUT2D eigenvalue weighted by Crippen LogP contribution is -2.01. The van der Waals surface area contributed by atoms with Crippen LogP contribution in [0.4, 0.5) is 0 Å². The second-order valence-electron chi connectivity index (χ2n) is 5.09. The van der Waals surface area contributed by atoms with Gasteiger partial charge < -0.3 is 4.74 Å². The van der Waals surface area contributed by atoms with Crippen molar-refractivity contribution in [2.45, 2.75) is 44.4 Å². The van der Waals surface area contributed by atoms with E-state index in [4.69, 9.17) is 39.5 Å². The van der Waals surface area contributed by atoms with Gasteiger partial charge in [-0.1, -0.05) is 48.9 Å². The monoisotopic (exact) mass is 320 g/mol. The summed E-state index contributed by atoms with van der Waals surface area (Å²) in [6, 6.07) is 3.62. The first-order valence-corrected chi connectivity index (χ1v) is 8.06. The molecule has 0 N–H and O–H groups in total. The van der Waals surface area contributed by atoms with Crippen LogP contribution in [-0.4, -0.2) is 6.61 Å². The summed E-state index contributed by atoms with van der Waals surface area (Å²) < 4.78 is 5.43. The zero-order valence-electron chi connectivity index (χ0n) is 11.1. The Morgan fingerprint density at radius 1 is 1.21 bits per heavy atom. The summed E-state index contributed by atoms with van der Waals surface area (Å²) in [5.41, 5.74) is 0.920. The molecule has 106 valence electrons. The maximum atomic E-state index is 6.51. The van der Waals surface area contributed by atoms with E-state index in [1.165, 1.54) is 25.7 Å². The fourth-order valence-electron chi connectivity index (χ4n) is 2.72. The second-order valence-corrected chi connectivity index (χ2v) is 6.43. The summed E-state index contributed by atoms with van der Waals surface area (Å²) in [4.78, 5) is 0. The third-order valence-corrected chi connectivity index (χ3v) is 4.74. The molecule has 0 spiro atoms. The van der Waals surface area contributed by atoms with Crippen LogP contribution in [0, 0.1) is 5.92 Å². The molecule has 1 fully saturated rings. The Kier molecular flexibility index (Phi) is 5.68. The van der Waals surface area contributed by atoms with Gasteiger partial charge in [0.2, 0.25) is 0 Å². The molecule has 1 atom stereocenters. The summed E-state index contributed by atoms with van der Waals surface area (Å²) in [6.07, 6.45) is 6.20. The standard InChI is InChI=1S/C15H19Cl3O/c1-2-19-15-9-13(17)11(8-14(15)18)12(16)7-10-5-3-4-6-10/h8-10,12H,2-7H2,1H3. The molecular weight excluding hydrogens is 303 g/mol. The molecule has 1 aromatic rings. The van der Waals surface area contributed by atoms with E-state index in [2.05, 4.69) is 0 Å². The van der Waals surface area contributed by atoms with Gasteiger partial charge in [-0.05, 0) is 30.9 Å². The zero-order valence-corrected chi connectivity index (χ0v) is 13.4. The first-order chi connectivity index (χ1) is 9.11. The lowest BCUT2D eigenvalue weighted by Gasteiger charge is -2.17. The van der Waals surface area contributed by atoms with Crippen molar-refractivity contribution in [1.29, 1.82) is 0 Å². The highest BCUT2D eigenvalue weighted by atomic mass is 35.5. The minimum atomic E-state index is -0.0659. The van der Waals surface area contributed by atoms with Gasteiger partial charge in [-0.3, -0.25) is 0 Å². The van der Waals surface area contributed by atoms with Gasteiger partial charge in [-0.2, -0.15) is 0 Å². The van der Waals surface area contributed by atoms with Crippen LogP contribution in [0.5, 0.6) is 5.75 Å². The molecule has 0 aliphatic heterocycles. The third kappa shape index (κ3) is 3.93. The van der Waals surface area contributed by atoms with Gasteiger partial charge in [-0.15, -0.1) is 11.6 Å². The molecule has 0 aromatic heterocycles. The number of hydrogen-bond donors (Lipinski definition) is 0. The van der Waals surface area contributed by atoms with Crippen molar-refractivity contribution in [3.05, 3.63) is 27.7 Å². The minimum absolute atomic E-state index is 0.0659. The first kappa shape index (κ1) is 15.3. The molecule has 2 rings (SSSR count). The van der Waals surface area contributed by atoms with Gasteiger partial charge in [0, 0.05) is 11.1 Å². The molecule has 1 saturated carbocycles. The van der Waals surface area contributed by atoms with E-state index in [0.29, 0.717) is 22.4 Å². The van der Waals surface area contributed by atoms with Gasteiger partial charge in [-0.25, -0.2) is 0 Å². The van der Waals surface area contributed by atoms with E-state index < -0.39 is 0 Å². The Bertz CT molecular complexity index is 428. The first-order valence-electron chi connectivity index (χ1n) is 6.87. The summed E-state index contributed by atoms with van der Waals surface area (Å²) in [5.74, 6) is 1.35. The number of alkyl halides is 1. The van der Waals surface area contributed by atoms with E-state index in [9.17, 15) is 0 Å². The SMILES string of the molecule is CCOc1cc(Cl)c(C(Cl)CC2CCCC2)cc1Cl. The molecule has 0 amide bonds. The number of ether oxygens (including phenoxy) is 1. The van der Waals surface area contributed by atoms with Gasteiger partial charge in [0.15, 0.2) is 0 Å². The topological polar surface area (TPSA) is 9.23 Å². The lowest BCUT2D eigenvalue weighted by molar-refractivity contribution is 0.340. The largest absolute Gasteiger partial charge is 0.492 e. The van der Waals surface area contributed by atoms with Crippen molar-refractivity contribution < 1.29 is 4.74 Å². The Hall–Kier alpha value is -0.110. The highest BCUT2D eigenvalue weighted by Crippen LogP contribution is 2.41. The van der Waals surface area contributed by atoms with E-state index in [1.807, 2.05) is 13.0 Å². The van der Waals surface area contributed by atoms with Crippen molar-refractivity contribution in [2.24, 2.45) is 5.92 Å². The molecule has 1 aliphatic rings. The van der Waals surface area contributed by atoms with Crippen LogP contribution >= 0.6 is 34.8 Å². The molecule has 4 heteroatoms. The average molecular weight is 322 g/mol. The number of benzene rings is 1. The molecule has 1 aromatic carbocycles. The number of hydrogen-bond acceptors (Lipinski definition) is 1. The summed E-state index contributed by atoms with van der Waals surface area (Å²) in [7, 11) is 0. The van der Waals surface area contributed by atoms with Crippen molar-refractivity contribution in [1.82, 2.24) is 0 Å². The van der Waals surface area contributed by atoms with Gasteiger partial charge in [0.1, 0.15) is 5.75 Å². The van der Waals surface area contributed by atoms with E-state index >= 15 is 0 Å². The summed E-state index contributed by atoms with van der Waals surface area (Å²) in [5, 5.41) is 1.16. The Morgan fingerprint density at radius 3 is 2.53 bits per heavy atom. The van der Waals surface area contributed by atoms with Crippen LogP contribution in [0.1, 0.15) is 50.0 Å². The third-order valence-electron chi connectivity index (χ3n) is 3.70. The highest BCUT2D eigenvalue weighted by molar-refractivity contribution is 6.35. The molecule has 1 unspecified atom stereocenters. The summed E-state index contributed by atoms with van der Waals surface area (Å²) >= 11 is 19.0. The lowest BCUT2D eigenvalue weighted by atomic mass is 9.97. The quantitative estimate of drug-likeness (QED) is 0.582. The highest BCUT2D eigenvalue weighted by Gasteiger charge is 2.22. The van der Waals surface area contributed by atoms with Crippen molar-refractivity contribution in [2.75, 3.05) is 6.61 Å². The molecular formula is C15H19Cl3O. The zero-order chi connectivity index (χ0) is 13.8. The second kappa shape index (κ2) is 7.06. The van der Waals surface area contributed by atoms with Crippen LogP contribution < -0.4 is 4.74 Å². The van der Waals surface area contributed by atoms with Crippen molar-refractivity contribution >= 4 is 34.8 Å². The predicted molar refractivity (Wildman–Crippen MR) is 82.8 cm³/mol. The Labute approximate surface area is 130 Å². The van der Waals surface area contributed by atoms with Crippen LogP contribution in [0.3, 0.4) is 0 Å². The fourth-order valence-corrected chi connectivity index (χ4v) is 3.72. The van der Waals surface area contributed by atoms with Crippen LogP contribution in [0.25, 0.3) is 0 Å². The molecule has 0 heterocycles. The smallest absolute Gasteiger partial charge is 0.139 e. The van der Waals surface area contributed by atoms with Gasteiger partial charge in [0.25, 0.3) is 0 Å². The molecule has 0 bridgehead atoms. The molecule has 1 aliphatic carbocycles. The maximum Gasteiger partial charge on any atom is 0.139 e. The van der Waals surface area contributed by atoms with Crippen molar-refractivity contribution in [3.8, 4) is 5.75 Å². The Morgan fingerprint density at radius 2 is 1.89 bits per heavy atom. The van der Waals surface area contributed by atoms with E-state index in [1.54, 1.807) is 6.07 Å². The molecule has 0 saturated heterocycles. The number of halogens is 3. The van der Waals surface area contributed by atoms with Crippen LogP contribution in [-0.2, 0) is 0 Å². The molecule has 1 nitrogen and oxygen atoms in total. The molecule has 19 heavy (non-hydrogen) atoms. The van der Waals surface area contributed by atoms with E-state index in [0.717, 1.165) is 17.9 Å². The van der Waals surface area contributed by atoms with Gasteiger partial charge in [0.05, 0.1) is 17.0 Å². The average Bonchev–Trinajstić information content (AvgIpc) is 2.86.